The molecule has 1 aliphatic carbocycles. The van der Waals surface area contributed by atoms with Crippen LogP contribution < -0.4 is 5.32 Å². The average Bonchev–Trinajstić information content (AvgIpc) is 3.56. The first-order chi connectivity index (χ1) is 16.1. The van der Waals surface area contributed by atoms with Crippen molar-refractivity contribution < 1.29 is 9.53 Å². The summed E-state index contributed by atoms with van der Waals surface area (Å²) in [5, 5.41) is 14.0. The number of fused-ring (bicyclic) bond motifs is 1. The smallest absolute Gasteiger partial charge is 0.233 e. The van der Waals surface area contributed by atoms with Crippen molar-refractivity contribution in [1.82, 2.24) is 25.1 Å². The largest absolute Gasteiger partial charge is 0.376 e. The fourth-order valence-electron chi connectivity index (χ4n) is 5.03. The van der Waals surface area contributed by atoms with E-state index in [1.807, 2.05) is 25.3 Å². The Bertz CT molecular complexity index is 1100. The zero-order chi connectivity index (χ0) is 22.8. The van der Waals surface area contributed by atoms with Gasteiger partial charge in [0.15, 0.2) is 11.0 Å². The number of amides is 1. The van der Waals surface area contributed by atoms with E-state index in [2.05, 4.69) is 44.1 Å². The van der Waals surface area contributed by atoms with E-state index in [9.17, 15) is 4.79 Å². The van der Waals surface area contributed by atoms with Crippen molar-refractivity contribution in [3.63, 3.8) is 0 Å². The van der Waals surface area contributed by atoms with Crippen LogP contribution >= 0.6 is 11.8 Å². The number of rotatable bonds is 7. The van der Waals surface area contributed by atoms with Gasteiger partial charge in [-0.3, -0.25) is 9.36 Å². The Morgan fingerprint density at radius 1 is 1.24 bits per heavy atom. The van der Waals surface area contributed by atoms with Gasteiger partial charge in [-0.2, -0.15) is 0 Å². The lowest BCUT2D eigenvalue weighted by Crippen LogP contribution is -2.44. The molecule has 8 heteroatoms. The van der Waals surface area contributed by atoms with Gasteiger partial charge in [-0.1, -0.05) is 49.7 Å². The summed E-state index contributed by atoms with van der Waals surface area (Å²) in [7, 11) is 0. The van der Waals surface area contributed by atoms with Crippen LogP contribution in [0.4, 0.5) is 0 Å². The van der Waals surface area contributed by atoms with E-state index < -0.39 is 0 Å². The van der Waals surface area contributed by atoms with Crippen molar-refractivity contribution in [2.75, 3.05) is 6.61 Å². The summed E-state index contributed by atoms with van der Waals surface area (Å²) in [6.45, 7) is 5.70. The van der Waals surface area contributed by atoms with E-state index >= 15 is 0 Å². The van der Waals surface area contributed by atoms with Crippen molar-refractivity contribution >= 4 is 28.6 Å². The van der Waals surface area contributed by atoms with Crippen LogP contribution in [0.25, 0.3) is 22.3 Å². The molecule has 0 bridgehead atoms. The molecule has 3 aromatic rings. The lowest BCUT2D eigenvalue weighted by molar-refractivity contribution is -0.121. The van der Waals surface area contributed by atoms with Gasteiger partial charge in [-0.05, 0) is 44.6 Å². The molecule has 0 radical (unpaired) electrons. The van der Waals surface area contributed by atoms with Crippen molar-refractivity contribution in [3.05, 3.63) is 30.5 Å². The SMILES string of the molecule is CC(Sc1nnc(-c2c[nH]c3ccccc23)n1CC1CCCO1)C(=O)NC1CCCCC1C. The van der Waals surface area contributed by atoms with Crippen LogP contribution in [0.5, 0.6) is 0 Å². The number of thioether (sulfide) groups is 1. The van der Waals surface area contributed by atoms with Crippen molar-refractivity contribution in [1.29, 1.82) is 0 Å². The second-order valence-corrected chi connectivity index (χ2v) is 10.7. The zero-order valence-electron chi connectivity index (χ0n) is 19.4. The fourth-order valence-corrected chi connectivity index (χ4v) is 5.90. The fraction of sp³-hybridized carbons (Fsp3) is 0.560. The number of H-pyrrole nitrogens is 1. The van der Waals surface area contributed by atoms with E-state index in [0.717, 1.165) is 53.3 Å². The minimum Gasteiger partial charge on any atom is -0.376 e. The maximum absolute atomic E-state index is 13.0. The first kappa shape index (κ1) is 22.5. The number of aromatic nitrogens is 4. The highest BCUT2D eigenvalue weighted by Crippen LogP contribution is 2.33. The number of hydrogen-bond acceptors (Lipinski definition) is 5. The molecule has 1 saturated carbocycles. The summed E-state index contributed by atoms with van der Waals surface area (Å²) in [6.07, 6.45) is 8.98. The van der Waals surface area contributed by atoms with Crippen LogP contribution in [0.2, 0.25) is 0 Å². The van der Waals surface area contributed by atoms with E-state index in [4.69, 9.17) is 4.74 Å². The summed E-state index contributed by atoms with van der Waals surface area (Å²) >= 11 is 1.49. The predicted molar refractivity (Wildman–Crippen MR) is 131 cm³/mol. The van der Waals surface area contributed by atoms with Crippen LogP contribution in [0.3, 0.4) is 0 Å². The third kappa shape index (κ3) is 4.82. The van der Waals surface area contributed by atoms with Gasteiger partial charge in [0.25, 0.3) is 0 Å². The Labute approximate surface area is 199 Å². The van der Waals surface area contributed by atoms with E-state index in [0.29, 0.717) is 12.5 Å². The first-order valence-corrected chi connectivity index (χ1v) is 13.1. The third-order valence-corrected chi connectivity index (χ3v) is 8.13. The molecule has 3 heterocycles. The summed E-state index contributed by atoms with van der Waals surface area (Å²) in [5.41, 5.74) is 2.10. The molecule has 2 aliphatic rings. The number of benzene rings is 1. The molecule has 7 nitrogen and oxygen atoms in total. The number of nitrogens with one attached hydrogen (secondary N) is 2. The quantitative estimate of drug-likeness (QED) is 0.489. The number of para-hydroxylation sites is 1. The molecule has 176 valence electrons. The number of nitrogens with zero attached hydrogens (tertiary/aromatic N) is 3. The van der Waals surface area contributed by atoms with Gasteiger partial charge in [0, 0.05) is 35.3 Å². The number of aromatic amines is 1. The molecule has 4 unspecified atom stereocenters. The molecular formula is C25H33N5O2S. The lowest BCUT2D eigenvalue weighted by atomic mass is 9.86. The topological polar surface area (TPSA) is 84.8 Å². The van der Waals surface area contributed by atoms with Crippen LogP contribution in [0, 0.1) is 5.92 Å². The lowest BCUT2D eigenvalue weighted by Gasteiger charge is -2.30. The maximum atomic E-state index is 13.0. The highest BCUT2D eigenvalue weighted by molar-refractivity contribution is 8.00. The third-order valence-electron chi connectivity index (χ3n) is 7.05. The Balaban J connectivity index is 1.39. The normalized spacial score (nSPS) is 24.2. The van der Waals surface area contributed by atoms with Crippen LogP contribution in [-0.2, 0) is 16.1 Å². The zero-order valence-corrected chi connectivity index (χ0v) is 20.2. The van der Waals surface area contributed by atoms with Gasteiger partial charge >= 0.3 is 0 Å². The van der Waals surface area contributed by atoms with Gasteiger partial charge in [0.1, 0.15) is 0 Å². The Morgan fingerprint density at radius 3 is 2.91 bits per heavy atom. The highest BCUT2D eigenvalue weighted by atomic mass is 32.2. The Kier molecular flexibility index (Phi) is 6.74. The van der Waals surface area contributed by atoms with Crippen molar-refractivity contribution in [3.8, 4) is 11.4 Å². The molecule has 5 rings (SSSR count). The minimum absolute atomic E-state index is 0.0825. The number of hydrogen-bond donors (Lipinski definition) is 2. The molecule has 2 N–H and O–H groups in total. The number of carbonyl (C=O) groups is 1. The molecule has 1 saturated heterocycles. The molecule has 2 aromatic heterocycles. The highest BCUT2D eigenvalue weighted by Gasteiger charge is 2.28. The van der Waals surface area contributed by atoms with Gasteiger partial charge in [-0.15, -0.1) is 10.2 Å². The predicted octanol–water partition coefficient (Wildman–Crippen LogP) is 4.78. The van der Waals surface area contributed by atoms with Gasteiger partial charge < -0.3 is 15.0 Å². The average molecular weight is 468 g/mol. The number of carbonyl (C=O) groups excluding carboxylic acids is 1. The first-order valence-electron chi connectivity index (χ1n) is 12.2. The number of ether oxygens (including phenoxy) is 1. The summed E-state index contributed by atoms with van der Waals surface area (Å²) in [5.74, 6) is 1.44. The molecule has 1 amide bonds. The monoisotopic (exact) mass is 467 g/mol. The summed E-state index contributed by atoms with van der Waals surface area (Å²) < 4.78 is 8.08. The van der Waals surface area contributed by atoms with Gasteiger partial charge in [0.2, 0.25) is 5.91 Å². The van der Waals surface area contributed by atoms with Crippen LogP contribution in [0.15, 0.2) is 35.6 Å². The standard InChI is InChI=1S/C25H33N5O2S/c1-16-8-3-5-11-21(16)27-24(31)17(2)33-25-29-28-23(30(25)15-18-9-7-13-32-18)20-14-26-22-12-6-4-10-19(20)22/h4,6,10,12,14,16-18,21,26H,3,5,7-9,11,13,15H2,1-2H3,(H,27,31). The van der Waals surface area contributed by atoms with Crippen LogP contribution in [-0.4, -0.2) is 49.7 Å². The van der Waals surface area contributed by atoms with E-state index in [-0.39, 0.29) is 23.3 Å². The minimum atomic E-state index is -0.248. The molecule has 0 spiro atoms. The summed E-state index contributed by atoms with van der Waals surface area (Å²) in [4.78, 5) is 16.4. The van der Waals surface area contributed by atoms with E-state index in [1.165, 1.54) is 31.0 Å². The molecule has 33 heavy (non-hydrogen) atoms. The van der Waals surface area contributed by atoms with Crippen molar-refractivity contribution in [2.24, 2.45) is 5.92 Å². The van der Waals surface area contributed by atoms with Gasteiger partial charge in [0.05, 0.1) is 17.9 Å². The van der Waals surface area contributed by atoms with Gasteiger partial charge in [-0.25, -0.2) is 0 Å². The second-order valence-electron chi connectivity index (χ2n) is 9.44. The summed E-state index contributed by atoms with van der Waals surface area (Å²) in [6, 6.07) is 8.50. The van der Waals surface area contributed by atoms with Crippen molar-refractivity contribution in [2.45, 2.75) is 81.5 Å². The van der Waals surface area contributed by atoms with Crippen LogP contribution in [0.1, 0.15) is 52.4 Å². The molecule has 1 aromatic carbocycles. The molecule has 4 atom stereocenters. The Morgan fingerprint density at radius 2 is 2.09 bits per heavy atom. The molecule has 2 fully saturated rings. The molecule has 1 aliphatic heterocycles. The molecular weight excluding hydrogens is 434 g/mol. The second kappa shape index (κ2) is 9.89. The van der Waals surface area contributed by atoms with E-state index in [1.54, 1.807) is 0 Å². The maximum Gasteiger partial charge on any atom is 0.233 e. The Hall–Kier alpha value is -2.32.